The first-order chi connectivity index (χ1) is 16.8. The van der Waals surface area contributed by atoms with Gasteiger partial charge in [0.05, 0.1) is 18.7 Å². The van der Waals surface area contributed by atoms with Crippen LogP contribution in [0, 0.1) is 17.8 Å². The van der Waals surface area contributed by atoms with Crippen molar-refractivity contribution in [3.63, 3.8) is 0 Å². The van der Waals surface area contributed by atoms with Crippen molar-refractivity contribution in [3.8, 4) is 0 Å². The third kappa shape index (κ3) is 9.13. The minimum absolute atomic E-state index is 0.103. The molecule has 2 rings (SSSR count). The molecule has 0 saturated carbocycles. The number of ketones is 2. The molecule has 1 heterocycles. The van der Waals surface area contributed by atoms with E-state index in [2.05, 4.69) is 10.6 Å². The standard InChI is InChI=1S/C28H42N2O6/c1-17(2)12-22(29-26(34)19(5)31)24(32)15-21(14-20-10-8-7-9-11-20)27(35)30-23(13-18(3)4)25(33)28(6)16-36-28/h7-11,17-19,21-23,31H,12-16H2,1-6H3,(H,29,34)(H,30,35)/t19-,21+,22-,23-,28+/m0/s1. The lowest BCUT2D eigenvalue weighted by molar-refractivity contribution is -0.136. The van der Waals surface area contributed by atoms with E-state index in [9.17, 15) is 24.3 Å². The van der Waals surface area contributed by atoms with Crippen LogP contribution in [0.5, 0.6) is 0 Å². The Bertz CT molecular complexity index is 908. The van der Waals surface area contributed by atoms with E-state index >= 15 is 0 Å². The summed E-state index contributed by atoms with van der Waals surface area (Å²) in [6.07, 6.45) is -0.177. The molecule has 2 amide bonds. The van der Waals surface area contributed by atoms with Gasteiger partial charge in [-0.25, -0.2) is 0 Å². The van der Waals surface area contributed by atoms with Gasteiger partial charge in [-0.15, -0.1) is 0 Å². The first-order valence-corrected chi connectivity index (χ1v) is 12.9. The molecule has 3 N–H and O–H groups in total. The number of hydrogen-bond acceptors (Lipinski definition) is 6. The fraction of sp³-hybridized carbons (Fsp3) is 0.643. The number of aliphatic hydroxyl groups excluding tert-OH is 1. The Labute approximate surface area is 214 Å². The second-order valence-electron chi connectivity index (χ2n) is 11.0. The smallest absolute Gasteiger partial charge is 0.249 e. The van der Waals surface area contributed by atoms with Crippen LogP contribution >= 0.6 is 0 Å². The molecule has 0 aliphatic carbocycles. The third-order valence-corrected chi connectivity index (χ3v) is 6.37. The lowest BCUT2D eigenvalue weighted by Gasteiger charge is -2.26. The highest BCUT2D eigenvalue weighted by Crippen LogP contribution is 2.30. The number of aliphatic hydroxyl groups is 1. The summed E-state index contributed by atoms with van der Waals surface area (Å²) in [5.41, 5.74) is 0.0219. The number of hydrogen-bond donors (Lipinski definition) is 3. The van der Waals surface area contributed by atoms with Crippen molar-refractivity contribution in [2.45, 2.75) is 91.0 Å². The Balaban J connectivity index is 2.25. The van der Waals surface area contributed by atoms with Gasteiger partial charge in [0.15, 0.2) is 11.6 Å². The van der Waals surface area contributed by atoms with Gasteiger partial charge in [0, 0.05) is 12.3 Å². The average Bonchev–Trinajstić information content (AvgIpc) is 3.55. The van der Waals surface area contributed by atoms with Crippen LogP contribution in [0.3, 0.4) is 0 Å². The van der Waals surface area contributed by atoms with Gasteiger partial charge in [0.2, 0.25) is 11.8 Å². The lowest BCUT2D eigenvalue weighted by Crippen LogP contribution is -2.50. The summed E-state index contributed by atoms with van der Waals surface area (Å²) < 4.78 is 5.33. The molecule has 200 valence electrons. The molecule has 1 fully saturated rings. The molecule has 8 heteroatoms. The molecule has 0 aromatic heterocycles. The number of benzene rings is 1. The second-order valence-corrected chi connectivity index (χ2v) is 11.0. The molecular formula is C28H42N2O6. The number of ether oxygens (including phenoxy) is 1. The number of epoxide rings is 1. The van der Waals surface area contributed by atoms with Gasteiger partial charge in [0.1, 0.15) is 11.7 Å². The molecule has 0 unspecified atom stereocenters. The highest BCUT2D eigenvalue weighted by atomic mass is 16.6. The molecule has 1 saturated heterocycles. The van der Waals surface area contributed by atoms with Gasteiger partial charge in [-0.05, 0) is 50.5 Å². The maximum atomic E-state index is 13.5. The zero-order chi connectivity index (χ0) is 27.0. The predicted molar refractivity (Wildman–Crippen MR) is 137 cm³/mol. The van der Waals surface area contributed by atoms with Crippen molar-refractivity contribution in [3.05, 3.63) is 35.9 Å². The van der Waals surface area contributed by atoms with E-state index in [0.717, 1.165) is 5.56 Å². The number of amides is 2. The fourth-order valence-corrected chi connectivity index (χ4v) is 4.19. The van der Waals surface area contributed by atoms with Crippen LogP contribution in [0.25, 0.3) is 0 Å². The summed E-state index contributed by atoms with van der Waals surface area (Å²) in [5.74, 6) is -1.88. The summed E-state index contributed by atoms with van der Waals surface area (Å²) in [7, 11) is 0. The first kappa shape index (κ1) is 29.6. The van der Waals surface area contributed by atoms with Gasteiger partial charge >= 0.3 is 0 Å². The zero-order valence-electron chi connectivity index (χ0n) is 22.4. The Morgan fingerprint density at radius 2 is 1.44 bits per heavy atom. The number of nitrogens with one attached hydrogen (secondary N) is 2. The van der Waals surface area contributed by atoms with Crippen LogP contribution in [0.1, 0.15) is 66.4 Å². The molecule has 36 heavy (non-hydrogen) atoms. The molecule has 8 nitrogen and oxygen atoms in total. The fourth-order valence-electron chi connectivity index (χ4n) is 4.19. The normalized spacial score (nSPS) is 20.4. The van der Waals surface area contributed by atoms with Crippen LogP contribution in [0.4, 0.5) is 0 Å². The monoisotopic (exact) mass is 502 g/mol. The summed E-state index contributed by atoms with van der Waals surface area (Å²) in [4.78, 5) is 52.0. The molecule has 1 aliphatic heterocycles. The first-order valence-electron chi connectivity index (χ1n) is 12.9. The molecule has 0 spiro atoms. The van der Waals surface area contributed by atoms with E-state index < -0.39 is 35.6 Å². The van der Waals surface area contributed by atoms with Gasteiger partial charge < -0.3 is 20.5 Å². The van der Waals surface area contributed by atoms with E-state index in [1.165, 1.54) is 6.92 Å². The molecule has 1 aliphatic rings. The van der Waals surface area contributed by atoms with Gasteiger partial charge in [-0.2, -0.15) is 0 Å². The predicted octanol–water partition coefficient (Wildman–Crippen LogP) is 2.61. The van der Waals surface area contributed by atoms with Crippen LogP contribution < -0.4 is 10.6 Å². The van der Waals surface area contributed by atoms with Crippen molar-refractivity contribution in [2.24, 2.45) is 17.8 Å². The summed E-state index contributed by atoms with van der Waals surface area (Å²) >= 11 is 0. The molecular weight excluding hydrogens is 460 g/mol. The molecule has 1 aromatic carbocycles. The largest absolute Gasteiger partial charge is 0.384 e. The number of carbonyl (C=O) groups excluding carboxylic acids is 4. The van der Waals surface area contributed by atoms with Crippen molar-refractivity contribution < 1.29 is 29.0 Å². The van der Waals surface area contributed by atoms with E-state index in [-0.39, 0.29) is 35.7 Å². The SMILES string of the molecule is CC(C)C[C@H](NC(=O)[C@H](C)O)C(=O)C[C@@H](Cc1ccccc1)C(=O)N[C@@H](CC(C)C)C(=O)[C@@]1(C)CO1. The van der Waals surface area contributed by atoms with Crippen LogP contribution in [-0.2, 0) is 30.3 Å². The van der Waals surface area contributed by atoms with Gasteiger partial charge in [0.25, 0.3) is 0 Å². The Kier molecular flexibility index (Phi) is 10.8. The van der Waals surface area contributed by atoms with Crippen LogP contribution in [-0.4, -0.2) is 58.9 Å². The molecule has 0 radical (unpaired) electrons. The minimum atomic E-state index is -1.25. The van der Waals surface area contributed by atoms with Crippen molar-refractivity contribution >= 4 is 23.4 Å². The van der Waals surface area contributed by atoms with Crippen LogP contribution in [0.2, 0.25) is 0 Å². The topological polar surface area (TPSA) is 125 Å². The lowest BCUT2D eigenvalue weighted by atomic mass is 9.88. The van der Waals surface area contributed by atoms with Crippen molar-refractivity contribution in [1.82, 2.24) is 10.6 Å². The highest BCUT2D eigenvalue weighted by Gasteiger charge is 2.50. The van der Waals surface area contributed by atoms with Crippen molar-refractivity contribution in [2.75, 3.05) is 6.61 Å². The van der Waals surface area contributed by atoms with E-state index in [1.54, 1.807) is 6.92 Å². The Morgan fingerprint density at radius 1 is 0.917 bits per heavy atom. The third-order valence-electron chi connectivity index (χ3n) is 6.37. The number of rotatable bonds is 15. The van der Waals surface area contributed by atoms with Crippen LogP contribution in [0.15, 0.2) is 30.3 Å². The van der Waals surface area contributed by atoms with Gasteiger partial charge in [-0.1, -0.05) is 58.0 Å². The van der Waals surface area contributed by atoms with E-state index in [4.69, 9.17) is 4.74 Å². The molecule has 5 atom stereocenters. The van der Waals surface area contributed by atoms with Crippen molar-refractivity contribution in [1.29, 1.82) is 0 Å². The zero-order valence-corrected chi connectivity index (χ0v) is 22.4. The minimum Gasteiger partial charge on any atom is -0.384 e. The summed E-state index contributed by atoms with van der Waals surface area (Å²) in [6, 6.07) is 7.87. The second kappa shape index (κ2) is 13.1. The number of carbonyl (C=O) groups is 4. The number of Topliss-reactive ketones (excluding diaryl/α,β-unsaturated/α-hetero) is 2. The highest BCUT2D eigenvalue weighted by molar-refractivity contribution is 5.98. The maximum Gasteiger partial charge on any atom is 0.249 e. The van der Waals surface area contributed by atoms with Gasteiger partial charge in [-0.3, -0.25) is 19.2 Å². The van der Waals surface area contributed by atoms with E-state index in [0.29, 0.717) is 25.9 Å². The Morgan fingerprint density at radius 3 is 1.94 bits per heavy atom. The quantitative estimate of drug-likeness (QED) is 0.317. The average molecular weight is 503 g/mol. The summed E-state index contributed by atoms with van der Waals surface area (Å²) in [5, 5.41) is 15.2. The molecule has 1 aromatic rings. The molecule has 0 bridgehead atoms. The maximum absolute atomic E-state index is 13.5. The summed E-state index contributed by atoms with van der Waals surface area (Å²) in [6.45, 7) is 11.2. The van der Waals surface area contributed by atoms with E-state index in [1.807, 2.05) is 58.0 Å². The Hall–Kier alpha value is -2.58.